The number of hydrogen-bond acceptors (Lipinski definition) is 3. The van der Waals surface area contributed by atoms with Crippen LogP contribution in [-0.4, -0.2) is 24.2 Å². The van der Waals surface area contributed by atoms with Crippen molar-refractivity contribution in [2.75, 3.05) is 19.3 Å². The van der Waals surface area contributed by atoms with Gasteiger partial charge in [0.2, 0.25) is 0 Å². The number of halogens is 1. The Morgan fingerprint density at radius 2 is 1.95 bits per heavy atom. The molecule has 0 bridgehead atoms. The van der Waals surface area contributed by atoms with Crippen molar-refractivity contribution in [3.8, 4) is 6.07 Å². The van der Waals surface area contributed by atoms with E-state index in [1.165, 1.54) is 24.1 Å². The summed E-state index contributed by atoms with van der Waals surface area (Å²) >= 11 is 5.08. The number of nitrogens with zero attached hydrogens (tertiary/aromatic N) is 2. The Bertz CT molecular complexity index is 549. The SMILES string of the molecule is CSC(=C\C#N)/C=C(\c1ccc(Br)cc1)N1CCCC1. The average Bonchev–Trinajstić information content (AvgIpc) is 2.98. The number of rotatable bonds is 4. The van der Waals surface area contributed by atoms with E-state index in [4.69, 9.17) is 5.26 Å². The van der Waals surface area contributed by atoms with Gasteiger partial charge in [-0.05, 0) is 42.9 Å². The molecule has 2 nitrogen and oxygen atoms in total. The monoisotopic (exact) mass is 348 g/mol. The minimum atomic E-state index is 0.998. The molecule has 1 fully saturated rings. The lowest BCUT2D eigenvalue weighted by Crippen LogP contribution is -2.17. The summed E-state index contributed by atoms with van der Waals surface area (Å²) < 4.78 is 1.08. The number of allylic oxidation sites excluding steroid dienone is 2. The summed E-state index contributed by atoms with van der Waals surface area (Å²) in [5.74, 6) is 0. The zero-order valence-corrected chi connectivity index (χ0v) is 13.9. The minimum absolute atomic E-state index is 0.998. The maximum atomic E-state index is 8.86. The highest BCUT2D eigenvalue weighted by molar-refractivity contribution is 9.10. The Hall–Kier alpha value is -1.18. The standard InChI is InChI=1S/C16H17BrN2S/c1-20-15(8-9-18)12-16(19-10-2-3-11-19)13-4-6-14(17)7-5-13/h4-8,12H,2-3,10-11H2,1H3/b15-8-,16-12+. The first-order valence-electron chi connectivity index (χ1n) is 6.61. The molecule has 1 heterocycles. The van der Waals surface area contributed by atoms with Gasteiger partial charge in [-0.3, -0.25) is 0 Å². The van der Waals surface area contributed by atoms with Gasteiger partial charge in [0.05, 0.1) is 6.07 Å². The molecule has 0 radical (unpaired) electrons. The maximum absolute atomic E-state index is 8.86. The molecule has 104 valence electrons. The fourth-order valence-corrected chi connectivity index (χ4v) is 2.96. The Morgan fingerprint density at radius 1 is 1.30 bits per heavy atom. The number of thioether (sulfide) groups is 1. The molecule has 0 atom stereocenters. The lowest BCUT2D eigenvalue weighted by atomic mass is 10.1. The van der Waals surface area contributed by atoms with Crippen molar-refractivity contribution in [1.82, 2.24) is 4.90 Å². The summed E-state index contributed by atoms with van der Waals surface area (Å²) in [6.45, 7) is 2.19. The molecule has 4 heteroatoms. The highest BCUT2D eigenvalue weighted by Crippen LogP contribution is 2.28. The third kappa shape index (κ3) is 3.91. The quantitative estimate of drug-likeness (QED) is 0.585. The van der Waals surface area contributed by atoms with E-state index in [0.717, 1.165) is 22.5 Å². The van der Waals surface area contributed by atoms with Crippen LogP contribution in [-0.2, 0) is 0 Å². The van der Waals surface area contributed by atoms with Gasteiger partial charge in [0.15, 0.2) is 0 Å². The molecular weight excluding hydrogens is 332 g/mol. The van der Waals surface area contributed by atoms with Crippen LogP contribution in [0.25, 0.3) is 5.70 Å². The van der Waals surface area contributed by atoms with Crippen molar-refractivity contribution < 1.29 is 0 Å². The van der Waals surface area contributed by atoms with Crippen molar-refractivity contribution in [2.24, 2.45) is 0 Å². The number of likely N-dealkylation sites (tertiary alicyclic amines) is 1. The van der Waals surface area contributed by atoms with Crippen molar-refractivity contribution in [2.45, 2.75) is 12.8 Å². The van der Waals surface area contributed by atoms with Crippen LogP contribution in [0.3, 0.4) is 0 Å². The summed E-state index contributed by atoms with van der Waals surface area (Å²) in [4.78, 5) is 3.40. The molecule has 0 amide bonds. The first kappa shape index (κ1) is 15.2. The highest BCUT2D eigenvalue weighted by Gasteiger charge is 2.16. The molecule has 0 N–H and O–H groups in total. The Kier molecular flexibility index (Phi) is 5.75. The number of hydrogen-bond donors (Lipinski definition) is 0. The van der Waals surface area contributed by atoms with Gasteiger partial charge in [-0.2, -0.15) is 5.26 Å². The van der Waals surface area contributed by atoms with E-state index in [9.17, 15) is 0 Å². The van der Waals surface area contributed by atoms with Crippen molar-refractivity contribution in [3.05, 3.63) is 51.4 Å². The summed E-state index contributed by atoms with van der Waals surface area (Å²) in [7, 11) is 0. The first-order chi connectivity index (χ1) is 9.74. The second kappa shape index (κ2) is 7.56. The Labute approximate surface area is 133 Å². The molecule has 1 aromatic rings. The van der Waals surface area contributed by atoms with Gasteiger partial charge in [0.25, 0.3) is 0 Å². The third-order valence-electron chi connectivity index (χ3n) is 3.31. The normalized spacial score (nSPS) is 16.4. The van der Waals surface area contributed by atoms with Gasteiger partial charge in [-0.25, -0.2) is 0 Å². The van der Waals surface area contributed by atoms with E-state index in [-0.39, 0.29) is 0 Å². The molecule has 1 aromatic carbocycles. The van der Waals surface area contributed by atoms with Gasteiger partial charge >= 0.3 is 0 Å². The van der Waals surface area contributed by atoms with E-state index in [1.807, 2.05) is 6.26 Å². The molecule has 20 heavy (non-hydrogen) atoms. The molecule has 0 aromatic heterocycles. The van der Waals surface area contributed by atoms with E-state index < -0.39 is 0 Å². The largest absolute Gasteiger partial charge is 0.371 e. The summed E-state index contributed by atoms with van der Waals surface area (Å²) in [6, 6.07) is 10.5. The zero-order valence-electron chi connectivity index (χ0n) is 11.5. The summed E-state index contributed by atoms with van der Waals surface area (Å²) in [5, 5.41) is 8.86. The topological polar surface area (TPSA) is 27.0 Å². The third-order valence-corrected chi connectivity index (χ3v) is 4.54. The molecule has 1 aliphatic rings. The smallest absolute Gasteiger partial charge is 0.0923 e. The Morgan fingerprint density at radius 3 is 2.50 bits per heavy atom. The van der Waals surface area contributed by atoms with Gasteiger partial charge in [0.1, 0.15) is 0 Å². The van der Waals surface area contributed by atoms with Gasteiger partial charge < -0.3 is 4.90 Å². The van der Waals surface area contributed by atoms with E-state index in [1.54, 1.807) is 17.8 Å². The lowest BCUT2D eigenvalue weighted by molar-refractivity contribution is 0.493. The second-order valence-electron chi connectivity index (χ2n) is 4.61. The van der Waals surface area contributed by atoms with Crippen LogP contribution in [0.1, 0.15) is 18.4 Å². The van der Waals surface area contributed by atoms with E-state index >= 15 is 0 Å². The van der Waals surface area contributed by atoms with Crippen molar-refractivity contribution in [1.29, 1.82) is 5.26 Å². The van der Waals surface area contributed by atoms with Gasteiger partial charge in [0, 0.05) is 34.2 Å². The predicted molar refractivity (Wildman–Crippen MR) is 90.1 cm³/mol. The average molecular weight is 349 g/mol. The molecule has 2 rings (SSSR count). The molecule has 0 aliphatic carbocycles. The molecule has 1 saturated heterocycles. The highest BCUT2D eigenvalue weighted by atomic mass is 79.9. The van der Waals surface area contributed by atoms with Crippen LogP contribution in [0.5, 0.6) is 0 Å². The fourth-order valence-electron chi connectivity index (χ4n) is 2.29. The molecule has 0 unspecified atom stereocenters. The van der Waals surface area contributed by atoms with E-state index in [0.29, 0.717) is 0 Å². The van der Waals surface area contributed by atoms with Crippen LogP contribution in [0, 0.1) is 11.3 Å². The summed E-state index contributed by atoms with van der Waals surface area (Å²) in [5.41, 5.74) is 2.42. The van der Waals surface area contributed by atoms with Crippen LogP contribution < -0.4 is 0 Å². The van der Waals surface area contributed by atoms with Crippen LogP contribution in [0.4, 0.5) is 0 Å². The maximum Gasteiger partial charge on any atom is 0.0923 e. The molecule has 1 aliphatic heterocycles. The van der Waals surface area contributed by atoms with Crippen LogP contribution in [0.2, 0.25) is 0 Å². The summed E-state index contributed by atoms with van der Waals surface area (Å²) in [6.07, 6.45) is 8.22. The van der Waals surface area contributed by atoms with Crippen molar-refractivity contribution >= 4 is 33.4 Å². The van der Waals surface area contributed by atoms with Gasteiger partial charge in [-0.1, -0.05) is 28.1 Å². The zero-order chi connectivity index (χ0) is 14.4. The second-order valence-corrected chi connectivity index (χ2v) is 6.41. The minimum Gasteiger partial charge on any atom is -0.371 e. The number of benzene rings is 1. The van der Waals surface area contributed by atoms with E-state index in [2.05, 4.69) is 57.2 Å². The van der Waals surface area contributed by atoms with Crippen molar-refractivity contribution in [3.63, 3.8) is 0 Å². The molecular formula is C16H17BrN2S. The number of nitriles is 1. The first-order valence-corrected chi connectivity index (χ1v) is 8.62. The Balaban J connectivity index is 2.39. The lowest BCUT2D eigenvalue weighted by Gasteiger charge is -2.22. The fraction of sp³-hybridized carbons (Fsp3) is 0.312. The molecule has 0 saturated carbocycles. The predicted octanol–water partition coefficient (Wildman–Crippen LogP) is 4.66. The van der Waals surface area contributed by atoms with Crippen LogP contribution >= 0.6 is 27.7 Å². The van der Waals surface area contributed by atoms with Gasteiger partial charge in [-0.15, -0.1) is 11.8 Å². The van der Waals surface area contributed by atoms with Crippen LogP contribution in [0.15, 0.2) is 45.8 Å². The molecule has 0 spiro atoms.